The summed E-state index contributed by atoms with van der Waals surface area (Å²) in [7, 11) is -3.92. The van der Waals surface area contributed by atoms with Gasteiger partial charge in [0.25, 0.3) is 0 Å². The van der Waals surface area contributed by atoms with Gasteiger partial charge < -0.3 is 8.92 Å². The Morgan fingerprint density at radius 2 is 1.84 bits per heavy atom. The quantitative estimate of drug-likeness (QED) is 0.741. The lowest BCUT2D eigenvalue weighted by Crippen LogP contribution is -2.15. The van der Waals surface area contributed by atoms with Crippen LogP contribution in [0.4, 0.5) is 8.78 Å². The van der Waals surface area contributed by atoms with Gasteiger partial charge in [-0.15, -0.1) is 0 Å². The lowest BCUT2D eigenvalue weighted by Gasteiger charge is -2.18. The van der Waals surface area contributed by atoms with Gasteiger partial charge in [0.15, 0.2) is 0 Å². The van der Waals surface area contributed by atoms with Gasteiger partial charge >= 0.3 is 16.7 Å². The minimum atomic E-state index is -3.92. The fourth-order valence-corrected chi connectivity index (χ4v) is 3.79. The van der Waals surface area contributed by atoms with Crippen molar-refractivity contribution in [3.8, 4) is 11.5 Å². The highest BCUT2D eigenvalue weighted by molar-refractivity contribution is 7.91. The van der Waals surface area contributed by atoms with E-state index in [2.05, 4.69) is 4.74 Å². The molecule has 2 aromatic rings. The van der Waals surface area contributed by atoms with Crippen LogP contribution >= 0.6 is 0 Å². The molecule has 0 unspecified atom stereocenters. The Hall–Kier alpha value is -2.41. The summed E-state index contributed by atoms with van der Waals surface area (Å²) in [6.07, 6.45) is 2.15. The molecule has 0 aromatic heterocycles. The molecule has 4 nitrogen and oxygen atoms in total. The fraction of sp³-hybridized carbons (Fsp3) is 0.222. The summed E-state index contributed by atoms with van der Waals surface area (Å²) in [4.78, 5) is 0.158. The number of allylic oxidation sites excluding steroid dienone is 1. The van der Waals surface area contributed by atoms with E-state index in [1.54, 1.807) is 37.3 Å². The van der Waals surface area contributed by atoms with Crippen molar-refractivity contribution < 1.29 is 26.1 Å². The maximum atomic E-state index is 12.5. The Kier molecular flexibility index (Phi) is 4.76. The molecule has 0 saturated carbocycles. The molecule has 0 aliphatic heterocycles. The van der Waals surface area contributed by atoms with Crippen molar-refractivity contribution in [3.05, 3.63) is 64.1 Å². The minimum Gasteiger partial charge on any atom is -0.435 e. The summed E-state index contributed by atoms with van der Waals surface area (Å²) in [5, 5.41) is 0. The third-order valence-electron chi connectivity index (χ3n) is 3.91. The van der Waals surface area contributed by atoms with E-state index >= 15 is 0 Å². The van der Waals surface area contributed by atoms with Gasteiger partial charge in [-0.2, -0.15) is 17.2 Å². The van der Waals surface area contributed by atoms with Crippen LogP contribution in [0.25, 0.3) is 6.08 Å². The van der Waals surface area contributed by atoms with Crippen LogP contribution in [-0.4, -0.2) is 15.0 Å². The number of fused-ring (bicyclic) bond motifs is 1. The van der Waals surface area contributed by atoms with Crippen molar-refractivity contribution in [2.75, 3.05) is 0 Å². The fourth-order valence-electron chi connectivity index (χ4n) is 2.64. The van der Waals surface area contributed by atoms with E-state index in [1.165, 1.54) is 18.2 Å². The Morgan fingerprint density at radius 3 is 2.56 bits per heavy atom. The van der Waals surface area contributed by atoms with Gasteiger partial charge in [0.1, 0.15) is 11.5 Å². The molecule has 2 aromatic carbocycles. The number of hydrogen-bond donors (Lipinski definition) is 0. The molecule has 132 valence electrons. The second-order valence-electron chi connectivity index (χ2n) is 5.65. The number of para-hydroxylation sites is 1. The first-order valence-electron chi connectivity index (χ1n) is 7.63. The molecule has 0 radical (unpaired) electrons. The highest BCUT2D eigenvalue weighted by Crippen LogP contribution is 2.32. The molecule has 25 heavy (non-hydrogen) atoms. The molecule has 0 atom stereocenters. The highest BCUT2D eigenvalue weighted by atomic mass is 32.2. The zero-order valence-corrected chi connectivity index (χ0v) is 14.2. The Morgan fingerprint density at radius 1 is 1.08 bits per heavy atom. The Balaban J connectivity index is 1.86. The van der Waals surface area contributed by atoms with Gasteiger partial charge in [-0.1, -0.05) is 24.3 Å². The van der Waals surface area contributed by atoms with Crippen LogP contribution in [0.15, 0.2) is 47.4 Å². The number of rotatable bonds is 5. The zero-order valence-electron chi connectivity index (χ0n) is 13.4. The molecule has 0 spiro atoms. The minimum absolute atomic E-state index is 0.0598. The SMILES string of the molecule is Cc1ccccc1OS(=O)(=O)C1=Cc2ccc(OC(F)F)cc2CC1. The molecule has 7 heteroatoms. The number of hydrogen-bond acceptors (Lipinski definition) is 4. The summed E-state index contributed by atoms with van der Waals surface area (Å²) >= 11 is 0. The number of aryl methyl sites for hydroxylation is 2. The average molecular weight is 366 g/mol. The average Bonchev–Trinajstić information content (AvgIpc) is 2.56. The largest absolute Gasteiger partial charge is 0.435 e. The van der Waals surface area contributed by atoms with Crippen LogP contribution in [0.2, 0.25) is 0 Å². The highest BCUT2D eigenvalue weighted by Gasteiger charge is 2.24. The van der Waals surface area contributed by atoms with Crippen LogP contribution in [0.1, 0.15) is 23.1 Å². The van der Waals surface area contributed by atoms with Crippen molar-refractivity contribution in [3.63, 3.8) is 0 Å². The second-order valence-corrected chi connectivity index (χ2v) is 7.25. The predicted octanol–water partition coefficient (Wildman–Crippen LogP) is 4.29. The first-order valence-corrected chi connectivity index (χ1v) is 9.04. The number of ether oxygens (including phenoxy) is 1. The summed E-state index contributed by atoms with van der Waals surface area (Å²) in [6.45, 7) is -1.13. The third-order valence-corrected chi connectivity index (χ3v) is 5.27. The summed E-state index contributed by atoms with van der Waals surface area (Å²) in [5.41, 5.74) is 2.13. The second kappa shape index (κ2) is 6.84. The lowest BCUT2D eigenvalue weighted by molar-refractivity contribution is -0.0498. The van der Waals surface area contributed by atoms with Crippen molar-refractivity contribution >= 4 is 16.2 Å². The summed E-state index contributed by atoms with van der Waals surface area (Å²) < 4.78 is 59.2. The molecule has 0 heterocycles. The predicted molar refractivity (Wildman–Crippen MR) is 90.1 cm³/mol. The number of alkyl halides is 2. The van der Waals surface area contributed by atoms with Gasteiger partial charge in [-0.25, -0.2) is 0 Å². The van der Waals surface area contributed by atoms with Gasteiger partial charge in [0.2, 0.25) is 0 Å². The van der Waals surface area contributed by atoms with E-state index in [0.29, 0.717) is 12.0 Å². The van der Waals surface area contributed by atoms with Gasteiger partial charge in [-0.3, -0.25) is 0 Å². The molecular formula is C18H16F2O4S. The molecule has 0 saturated heterocycles. The standard InChI is InChI=1S/C18H16F2O4S/c1-12-4-2-3-5-17(12)24-25(21,22)16-9-7-13-10-15(23-18(19)20)8-6-14(13)11-16/h2-6,8,10-11,18H,7,9H2,1H3. The van der Waals surface area contributed by atoms with E-state index in [9.17, 15) is 17.2 Å². The van der Waals surface area contributed by atoms with Gasteiger partial charge in [-0.05, 0) is 60.7 Å². The van der Waals surface area contributed by atoms with Crippen molar-refractivity contribution in [1.29, 1.82) is 0 Å². The topological polar surface area (TPSA) is 52.6 Å². The van der Waals surface area contributed by atoms with Crippen LogP contribution in [0.5, 0.6) is 11.5 Å². The zero-order chi connectivity index (χ0) is 18.0. The number of benzene rings is 2. The van der Waals surface area contributed by atoms with Crippen molar-refractivity contribution in [2.45, 2.75) is 26.4 Å². The normalized spacial score (nSPS) is 14.0. The molecule has 1 aliphatic rings. The van der Waals surface area contributed by atoms with Gasteiger partial charge in [0, 0.05) is 0 Å². The maximum Gasteiger partial charge on any atom is 0.387 e. The lowest BCUT2D eigenvalue weighted by atomic mass is 9.97. The van der Waals surface area contributed by atoms with Gasteiger partial charge in [0.05, 0.1) is 4.91 Å². The number of halogens is 2. The monoisotopic (exact) mass is 366 g/mol. The smallest absolute Gasteiger partial charge is 0.387 e. The summed E-state index contributed by atoms with van der Waals surface area (Å²) in [6, 6.07) is 11.3. The van der Waals surface area contributed by atoms with E-state index in [1.807, 2.05) is 0 Å². The third kappa shape index (κ3) is 3.99. The maximum absolute atomic E-state index is 12.5. The van der Waals surface area contributed by atoms with Crippen LogP contribution in [0.3, 0.4) is 0 Å². The molecule has 0 fully saturated rings. The molecule has 3 rings (SSSR count). The molecule has 1 aliphatic carbocycles. The van der Waals surface area contributed by atoms with E-state index in [-0.39, 0.29) is 22.8 Å². The van der Waals surface area contributed by atoms with Crippen molar-refractivity contribution in [2.24, 2.45) is 0 Å². The first-order chi connectivity index (χ1) is 11.8. The van der Waals surface area contributed by atoms with E-state index in [4.69, 9.17) is 4.18 Å². The Labute approximate surface area is 144 Å². The first kappa shape index (κ1) is 17.4. The van der Waals surface area contributed by atoms with Crippen LogP contribution < -0.4 is 8.92 Å². The summed E-state index contributed by atoms with van der Waals surface area (Å²) in [5.74, 6) is 0.347. The van der Waals surface area contributed by atoms with E-state index in [0.717, 1.165) is 11.1 Å². The molecular weight excluding hydrogens is 350 g/mol. The van der Waals surface area contributed by atoms with Crippen molar-refractivity contribution in [1.82, 2.24) is 0 Å². The van der Waals surface area contributed by atoms with Crippen LogP contribution in [-0.2, 0) is 16.5 Å². The molecule has 0 bridgehead atoms. The molecule has 0 N–H and O–H groups in total. The van der Waals surface area contributed by atoms with E-state index < -0.39 is 16.7 Å². The van der Waals surface area contributed by atoms with Crippen LogP contribution in [0, 0.1) is 6.92 Å². The molecule has 0 amide bonds. The Bertz CT molecular complexity index is 920.